The molecule has 0 radical (unpaired) electrons. The fraction of sp³-hybridized carbons (Fsp3) is 0.346. The Balaban J connectivity index is 1.84. The molecule has 0 aromatic heterocycles. The van der Waals surface area contributed by atoms with Gasteiger partial charge in [-0.05, 0) is 53.8 Å². The van der Waals surface area contributed by atoms with Crippen molar-refractivity contribution in [1.82, 2.24) is 10.2 Å². The fourth-order valence-corrected chi connectivity index (χ4v) is 4.75. The van der Waals surface area contributed by atoms with Gasteiger partial charge in [0.1, 0.15) is 11.6 Å². The second-order valence-electron chi connectivity index (χ2n) is 9.71. The number of ketones is 1. The summed E-state index contributed by atoms with van der Waals surface area (Å²) in [5, 5.41) is 1.88. The zero-order valence-corrected chi connectivity index (χ0v) is 19.8. The molecule has 0 spiro atoms. The molecular weight excluding hydrogens is 480 g/mol. The molecule has 2 aromatic rings. The summed E-state index contributed by atoms with van der Waals surface area (Å²) in [5.41, 5.74) is -4.88. The van der Waals surface area contributed by atoms with E-state index in [0.717, 1.165) is 17.0 Å². The van der Waals surface area contributed by atoms with Gasteiger partial charge in [0.25, 0.3) is 11.8 Å². The SMILES string of the molecule is COc1ccc(C(=O)NC2(C(F)(F)F)C(=O)N(Cc3ccc(F)cc3)C3=C2C(=O)CC(C)(C)C3)cc1. The number of halogens is 4. The number of allylic oxidation sites excluding steroid dienone is 1. The smallest absolute Gasteiger partial charge is 0.425 e. The molecule has 190 valence electrons. The van der Waals surface area contributed by atoms with E-state index in [1.807, 2.05) is 5.32 Å². The van der Waals surface area contributed by atoms with Gasteiger partial charge in [-0.3, -0.25) is 14.4 Å². The van der Waals surface area contributed by atoms with E-state index in [-0.39, 0.29) is 30.6 Å². The van der Waals surface area contributed by atoms with Gasteiger partial charge in [-0.1, -0.05) is 26.0 Å². The lowest BCUT2D eigenvalue weighted by Crippen LogP contribution is -2.66. The Kier molecular flexibility index (Phi) is 6.18. The van der Waals surface area contributed by atoms with Gasteiger partial charge in [0.15, 0.2) is 5.78 Å². The van der Waals surface area contributed by atoms with Crippen molar-refractivity contribution in [2.75, 3.05) is 7.11 Å². The number of carbonyl (C=O) groups is 3. The Morgan fingerprint density at radius 1 is 1.03 bits per heavy atom. The van der Waals surface area contributed by atoms with Crippen LogP contribution in [-0.2, 0) is 16.1 Å². The number of hydrogen-bond acceptors (Lipinski definition) is 4. The maximum atomic E-state index is 14.8. The average Bonchev–Trinajstić information content (AvgIpc) is 3.03. The summed E-state index contributed by atoms with van der Waals surface area (Å²) in [6.07, 6.45) is -5.53. The quantitative estimate of drug-likeness (QED) is 0.607. The standard InChI is InChI=1S/C26H24F4N2O4/c1-24(2)12-19-21(20(33)13-24)25(26(28,29)30,31-22(34)16-6-10-18(36-3)11-7-16)23(35)32(19)14-15-4-8-17(27)9-5-15/h4-11H,12-14H2,1-3H3,(H,31,34). The second-order valence-corrected chi connectivity index (χ2v) is 9.71. The van der Waals surface area contributed by atoms with Crippen molar-refractivity contribution in [3.05, 3.63) is 76.7 Å². The molecule has 1 aliphatic heterocycles. The lowest BCUT2D eigenvalue weighted by atomic mass is 9.72. The molecule has 4 rings (SSSR count). The Morgan fingerprint density at radius 3 is 2.19 bits per heavy atom. The van der Waals surface area contributed by atoms with Crippen LogP contribution < -0.4 is 10.1 Å². The molecule has 0 fully saturated rings. The normalized spacial score (nSPS) is 21.5. The number of nitrogens with zero attached hydrogens (tertiary/aromatic N) is 1. The van der Waals surface area contributed by atoms with Gasteiger partial charge in [0.2, 0.25) is 5.54 Å². The summed E-state index contributed by atoms with van der Waals surface area (Å²) < 4.78 is 62.9. The molecule has 2 aromatic carbocycles. The highest BCUT2D eigenvalue weighted by molar-refractivity contribution is 6.14. The van der Waals surface area contributed by atoms with E-state index < -0.39 is 46.1 Å². The summed E-state index contributed by atoms with van der Waals surface area (Å²) in [5.74, 6) is -3.66. The number of alkyl halides is 3. The number of amides is 2. The first-order valence-corrected chi connectivity index (χ1v) is 11.2. The van der Waals surface area contributed by atoms with Crippen LogP contribution in [0, 0.1) is 11.2 Å². The van der Waals surface area contributed by atoms with E-state index >= 15 is 0 Å². The predicted molar refractivity (Wildman–Crippen MR) is 121 cm³/mol. The van der Waals surface area contributed by atoms with Gasteiger partial charge < -0.3 is 15.0 Å². The molecule has 2 amide bonds. The van der Waals surface area contributed by atoms with Crippen molar-refractivity contribution in [1.29, 1.82) is 0 Å². The highest BCUT2D eigenvalue weighted by Crippen LogP contribution is 2.52. The van der Waals surface area contributed by atoms with E-state index in [0.29, 0.717) is 11.3 Å². The minimum atomic E-state index is -5.32. The van der Waals surface area contributed by atoms with Crippen molar-refractivity contribution in [2.24, 2.45) is 5.41 Å². The highest BCUT2D eigenvalue weighted by atomic mass is 19.4. The molecule has 0 saturated heterocycles. The molecule has 6 nitrogen and oxygen atoms in total. The Labute approximate surface area is 204 Å². The van der Waals surface area contributed by atoms with Gasteiger partial charge in [0.05, 0.1) is 19.2 Å². The van der Waals surface area contributed by atoms with E-state index in [1.165, 1.54) is 43.5 Å². The number of methoxy groups -OCH3 is 1. The lowest BCUT2D eigenvalue weighted by Gasteiger charge is -2.35. The van der Waals surface area contributed by atoms with Crippen molar-refractivity contribution in [2.45, 2.75) is 44.9 Å². The molecule has 1 aliphatic carbocycles. The third-order valence-electron chi connectivity index (χ3n) is 6.45. The summed E-state index contributed by atoms with van der Waals surface area (Å²) in [6, 6.07) is 10.3. The van der Waals surface area contributed by atoms with Gasteiger partial charge in [-0.25, -0.2) is 4.39 Å². The van der Waals surface area contributed by atoms with Crippen LogP contribution >= 0.6 is 0 Å². The van der Waals surface area contributed by atoms with Crippen LogP contribution in [0.25, 0.3) is 0 Å². The zero-order valence-electron chi connectivity index (χ0n) is 19.8. The van der Waals surface area contributed by atoms with Crippen molar-refractivity contribution in [3.8, 4) is 5.75 Å². The number of nitrogens with one attached hydrogen (secondary N) is 1. The van der Waals surface area contributed by atoms with Crippen LogP contribution in [0.2, 0.25) is 0 Å². The van der Waals surface area contributed by atoms with Crippen LogP contribution in [-0.4, -0.2) is 41.3 Å². The fourth-order valence-electron chi connectivity index (χ4n) is 4.75. The minimum absolute atomic E-state index is 0.0112. The predicted octanol–water partition coefficient (Wildman–Crippen LogP) is 4.55. The van der Waals surface area contributed by atoms with E-state index in [4.69, 9.17) is 4.74 Å². The van der Waals surface area contributed by atoms with Gasteiger partial charge in [0, 0.05) is 17.7 Å². The summed E-state index contributed by atoms with van der Waals surface area (Å²) in [7, 11) is 1.39. The summed E-state index contributed by atoms with van der Waals surface area (Å²) in [6.45, 7) is 3.12. The first-order valence-electron chi connectivity index (χ1n) is 11.2. The van der Waals surface area contributed by atoms with Crippen LogP contribution in [0.4, 0.5) is 17.6 Å². The molecule has 2 aliphatic rings. The molecule has 1 N–H and O–H groups in total. The second kappa shape index (κ2) is 8.76. The topological polar surface area (TPSA) is 75.7 Å². The zero-order chi connectivity index (χ0) is 26.5. The number of rotatable bonds is 5. The number of hydrogen-bond donors (Lipinski definition) is 1. The molecule has 10 heteroatoms. The molecular formula is C26H24F4N2O4. The van der Waals surface area contributed by atoms with Gasteiger partial charge in [-0.15, -0.1) is 0 Å². The van der Waals surface area contributed by atoms with Gasteiger partial charge in [-0.2, -0.15) is 13.2 Å². The van der Waals surface area contributed by atoms with E-state index in [2.05, 4.69) is 0 Å². The largest absolute Gasteiger partial charge is 0.497 e. The third kappa shape index (κ3) is 4.25. The average molecular weight is 504 g/mol. The first kappa shape index (κ1) is 25.4. The monoisotopic (exact) mass is 504 g/mol. The van der Waals surface area contributed by atoms with E-state index in [9.17, 15) is 31.9 Å². The number of ether oxygens (including phenoxy) is 1. The van der Waals surface area contributed by atoms with Crippen LogP contribution in [0.5, 0.6) is 5.75 Å². The molecule has 1 heterocycles. The molecule has 0 bridgehead atoms. The summed E-state index contributed by atoms with van der Waals surface area (Å²) >= 11 is 0. The van der Waals surface area contributed by atoms with Crippen molar-refractivity contribution in [3.63, 3.8) is 0 Å². The van der Waals surface area contributed by atoms with Crippen LogP contribution in [0.1, 0.15) is 42.6 Å². The first-order chi connectivity index (χ1) is 16.8. The van der Waals surface area contributed by atoms with E-state index in [1.54, 1.807) is 13.8 Å². The van der Waals surface area contributed by atoms with Crippen molar-refractivity contribution >= 4 is 17.6 Å². The molecule has 36 heavy (non-hydrogen) atoms. The maximum Gasteiger partial charge on any atom is 0.425 e. The van der Waals surface area contributed by atoms with Crippen molar-refractivity contribution < 1.29 is 36.7 Å². The molecule has 1 atom stereocenters. The number of benzene rings is 2. The minimum Gasteiger partial charge on any atom is -0.497 e. The maximum absolute atomic E-state index is 14.8. The lowest BCUT2D eigenvalue weighted by molar-refractivity contribution is -0.190. The Hall–Kier alpha value is -3.69. The van der Waals surface area contributed by atoms with Crippen LogP contribution in [0.15, 0.2) is 59.8 Å². The third-order valence-corrected chi connectivity index (χ3v) is 6.45. The highest BCUT2D eigenvalue weighted by Gasteiger charge is 2.71. The summed E-state index contributed by atoms with van der Waals surface area (Å²) in [4.78, 5) is 40.7. The molecule has 1 unspecified atom stereocenters. The number of Topliss-reactive ketones (excluding diaryl/α,β-unsaturated/α-hetero) is 1. The van der Waals surface area contributed by atoms with Crippen LogP contribution in [0.3, 0.4) is 0 Å². The number of carbonyl (C=O) groups excluding carboxylic acids is 3. The Bertz CT molecular complexity index is 1250. The van der Waals surface area contributed by atoms with Gasteiger partial charge >= 0.3 is 6.18 Å². The molecule has 0 saturated carbocycles. The Morgan fingerprint density at radius 2 is 1.64 bits per heavy atom.